The van der Waals surface area contributed by atoms with E-state index in [0.717, 1.165) is 12.3 Å². The molecule has 70 valence electrons. The van der Waals surface area contributed by atoms with Crippen molar-refractivity contribution in [2.75, 3.05) is 0 Å². The van der Waals surface area contributed by atoms with E-state index >= 15 is 0 Å². The lowest BCUT2D eigenvalue weighted by atomic mass is 9.71. The van der Waals surface area contributed by atoms with E-state index in [9.17, 15) is 4.79 Å². The second kappa shape index (κ2) is 4.06. The lowest BCUT2D eigenvalue weighted by molar-refractivity contribution is -0.114. The van der Waals surface area contributed by atoms with Gasteiger partial charge in [0.2, 0.25) is 0 Å². The molecule has 1 nitrogen and oxygen atoms in total. The molecule has 0 heterocycles. The zero-order chi connectivity index (χ0) is 9.14. The van der Waals surface area contributed by atoms with Gasteiger partial charge in [0, 0.05) is 5.92 Å². The normalized spacial score (nSPS) is 36.8. The van der Waals surface area contributed by atoms with Gasteiger partial charge >= 0.3 is 0 Å². The quantitative estimate of drug-likeness (QED) is 0.579. The molecule has 1 fully saturated rings. The highest BCUT2D eigenvalue weighted by molar-refractivity contribution is 5.54. The molecule has 1 rings (SSSR count). The Morgan fingerprint density at radius 3 is 2.50 bits per heavy atom. The number of hydrogen-bond donors (Lipinski definition) is 0. The van der Waals surface area contributed by atoms with E-state index in [0.29, 0.717) is 17.8 Å². The van der Waals surface area contributed by atoms with Gasteiger partial charge in [-0.3, -0.25) is 0 Å². The minimum atomic E-state index is 0.341. The van der Waals surface area contributed by atoms with Crippen LogP contribution in [0.4, 0.5) is 0 Å². The Labute approximate surface area is 75.5 Å². The lowest BCUT2D eigenvalue weighted by Gasteiger charge is -2.34. The third-order valence-corrected chi connectivity index (χ3v) is 3.25. The molecule has 0 aromatic heterocycles. The summed E-state index contributed by atoms with van der Waals surface area (Å²) >= 11 is 0. The molecule has 2 unspecified atom stereocenters. The predicted molar refractivity (Wildman–Crippen MR) is 50.9 cm³/mol. The number of carbonyl (C=O) groups excluding carboxylic acids is 1. The van der Waals surface area contributed by atoms with Crippen LogP contribution in [-0.2, 0) is 4.79 Å². The molecule has 0 aliphatic heterocycles. The topological polar surface area (TPSA) is 17.1 Å². The molecule has 0 spiro atoms. The largest absolute Gasteiger partial charge is 0.303 e. The van der Waals surface area contributed by atoms with Crippen LogP contribution in [0.25, 0.3) is 0 Å². The van der Waals surface area contributed by atoms with Crippen molar-refractivity contribution in [1.82, 2.24) is 0 Å². The summed E-state index contributed by atoms with van der Waals surface area (Å²) in [7, 11) is 0. The molecular formula is C11H20O. The van der Waals surface area contributed by atoms with E-state index in [1.54, 1.807) is 0 Å². The van der Waals surface area contributed by atoms with Gasteiger partial charge in [-0.25, -0.2) is 0 Å². The summed E-state index contributed by atoms with van der Waals surface area (Å²) < 4.78 is 0. The molecule has 0 bridgehead atoms. The Kier molecular flexibility index (Phi) is 3.30. The zero-order valence-corrected chi connectivity index (χ0v) is 8.42. The van der Waals surface area contributed by atoms with Gasteiger partial charge < -0.3 is 4.79 Å². The highest BCUT2D eigenvalue weighted by atomic mass is 16.1. The fraction of sp³-hybridized carbons (Fsp3) is 0.909. The van der Waals surface area contributed by atoms with Gasteiger partial charge in [-0.05, 0) is 30.6 Å². The number of aldehydes is 1. The first kappa shape index (κ1) is 9.76. The van der Waals surface area contributed by atoms with Crippen LogP contribution in [0.3, 0.4) is 0 Å². The average Bonchev–Trinajstić information content (AvgIpc) is 2.03. The first-order valence-electron chi connectivity index (χ1n) is 5.10. The summed E-state index contributed by atoms with van der Waals surface area (Å²) in [4.78, 5) is 10.8. The molecule has 3 atom stereocenters. The van der Waals surface area contributed by atoms with Crippen molar-refractivity contribution in [2.45, 2.75) is 40.0 Å². The SMILES string of the molecule is CC1CCC(C(C)C)[C@H](C=O)C1. The first-order valence-corrected chi connectivity index (χ1v) is 5.10. The molecule has 0 aromatic rings. The zero-order valence-electron chi connectivity index (χ0n) is 8.42. The molecule has 1 aliphatic carbocycles. The Hall–Kier alpha value is -0.330. The molecule has 1 heteroatoms. The van der Waals surface area contributed by atoms with Crippen LogP contribution in [0.15, 0.2) is 0 Å². The average molecular weight is 168 g/mol. The molecular weight excluding hydrogens is 148 g/mol. The van der Waals surface area contributed by atoms with Crippen molar-refractivity contribution in [3.8, 4) is 0 Å². The standard InChI is InChI=1S/C11H20O/c1-8(2)11-5-4-9(3)6-10(11)7-12/h7-11H,4-6H2,1-3H3/t9?,10-,11?/m0/s1. The second-order valence-corrected chi connectivity index (χ2v) is 4.63. The van der Waals surface area contributed by atoms with E-state index in [2.05, 4.69) is 20.8 Å². The maximum Gasteiger partial charge on any atom is 0.123 e. The van der Waals surface area contributed by atoms with E-state index < -0.39 is 0 Å². The van der Waals surface area contributed by atoms with Gasteiger partial charge in [0.05, 0.1) is 0 Å². The van der Waals surface area contributed by atoms with Gasteiger partial charge in [-0.1, -0.05) is 27.2 Å². The fourth-order valence-electron chi connectivity index (χ4n) is 2.43. The molecule has 1 aliphatic rings. The molecule has 12 heavy (non-hydrogen) atoms. The summed E-state index contributed by atoms with van der Waals surface area (Å²) in [6.45, 7) is 6.72. The Morgan fingerprint density at radius 1 is 1.33 bits per heavy atom. The summed E-state index contributed by atoms with van der Waals surface area (Å²) in [5, 5.41) is 0. The van der Waals surface area contributed by atoms with Gasteiger partial charge in [0.1, 0.15) is 6.29 Å². The second-order valence-electron chi connectivity index (χ2n) is 4.63. The Balaban J connectivity index is 2.56. The monoisotopic (exact) mass is 168 g/mol. The van der Waals surface area contributed by atoms with Crippen LogP contribution in [0.5, 0.6) is 0 Å². The Morgan fingerprint density at radius 2 is 2.00 bits per heavy atom. The van der Waals surface area contributed by atoms with Gasteiger partial charge in [-0.15, -0.1) is 0 Å². The number of hydrogen-bond acceptors (Lipinski definition) is 1. The van der Waals surface area contributed by atoms with E-state index in [1.807, 2.05) is 0 Å². The van der Waals surface area contributed by atoms with Crippen molar-refractivity contribution in [3.05, 3.63) is 0 Å². The van der Waals surface area contributed by atoms with Crippen LogP contribution >= 0.6 is 0 Å². The lowest BCUT2D eigenvalue weighted by Crippen LogP contribution is -2.28. The maximum atomic E-state index is 10.8. The number of carbonyl (C=O) groups is 1. The van der Waals surface area contributed by atoms with Crippen LogP contribution in [0, 0.1) is 23.7 Å². The summed E-state index contributed by atoms with van der Waals surface area (Å²) in [6, 6.07) is 0. The summed E-state index contributed by atoms with van der Waals surface area (Å²) in [5.41, 5.74) is 0. The van der Waals surface area contributed by atoms with E-state index in [1.165, 1.54) is 19.1 Å². The van der Waals surface area contributed by atoms with Crippen molar-refractivity contribution >= 4 is 6.29 Å². The molecule has 0 saturated heterocycles. The minimum Gasteiger partial charge on any atom is -0.303 e. The van der Waals surface area contributed by atoms with Gasteiger partial charge in [0.15, 0.2) is 0 Å². The van der Waals surface area contributed by atoms with Crippen molar-refractivity contribution in [2.24, 2.45) is 23.7 Å². The van der Waals surface area contributed by atoms with Gasteiger partial charge in [0.25, 0.3) is 0 Å². The third kappa shape index (κ3) is 2.09. The maximum absolute atomic E-state index is 10.8. The van der Waals surface area contributed by atoms with Crippen LogP contribution in [0.2, 0.25) is 0 Å². The predicted octanol–water partition coefficient (Wildman–Crippen LogP) is 2.89. The van der Waals surface area contributed by atoms with Gasteiger partial charge in [-0.2, -0.15) is 0 Å². The smallest absolute Gasteiger partial charge is 0.123 e. The summed E-state index contributed by atoms with van der Waals surface area (Å²) in [5.74, 6) is 2.43. The molecule has 0 aromatic carbocycles. The van der Waals surface area contributed by atoms with Crippen LogP contribution in [-0.4, -0.2) is 6.29 Å². The van der Waals surface area contributed by atoms with Crippen molar-refractivity contribution in [1.29, 1.82) is 0 Å². The third-order valence-electron chi connectivity index (χ3n) is 3.25. The van der Waals surface area contributed by atoms with Crippen LogP contribution < -0.4 is 0 Å². The van der Waals surface area contributed by atoms with E-state index in [-0.39, 0.29) is 0 Å². The highest BCUT2D eigenvalue weighted by Crippen LogP contribution is 2.36. The molecule has 0 amide bonds. The molecule has 0 radical (unpaired) electrons. The highest BCUT2D eigenvalue weighted by Gasteiger charge is 2.29. The van der Waals surface area contributed by atoms with E-state index in [4.69, 9.17) is 0 Å². The Bertz CT molecular complexity index is 151. The first-order chi connectivity index (χ1) is 5.65. The van der Waals surface area contributed by atoms with Crippen molar-refractivity contribution in [3.63, 3.8) is 0 Å². The van der Waals surface area contributed by atoms with Crippen LogP contribution in [0.1, 0.15) is 40.0 Å². The number of rotatable bonds is 2. The van der Waals surface area contributed by atoms with Crippen molar-refractivity contribution < 1.29 is 4.79 Å². The molecule has 1 saturated carbocycles. The fourth-order valence-corrected chi connectivity index (χ4v) is 2.43. The molecule has 0 N–H and O–H groups in total. The summed E-state index contributed by atoms with van der Waals surface area (Å²) in [6.07, 6.45) is 4.86. The minimum absolute atomic E-state index is 0.341.